The fourth-order valence-electron chi connectivity index (χ4n) is 3.37. The fourth-order valence-corrected chi connectivity index (χ4v) is 3.54. The van der Waals surface area contributed by atoms with Crippen LogP contribution >= 0.6 is 11.6 Å². The number of amides is 2. The summed E-state index contributed by atoms with van der Waals surface area (Å²) in [5, 5.41) is 7.39. The Morgan fingerprint density at radius 1 is 1.17 bits per heavy atom. The molecule has 6 nitrogen and oxygen atoms in total. The molecule has 1 aliphatic heterocycles. The molecular formula is C21H21ClFN5O. The van der Waals surface area contributed by atoms with Crippen LogP contribution in [0.1, 0.15) is 30.9 Å². The molecule has 0 fully saturated rings. The van der Waals surface area contributed by atoms with Crippen molar-refractivity contribution in [1.29, 1.82) is 0 Å². The van der Waals surface area contributed by atoms with Crippen LogP contribution < -0.4 is 10.2 Å². The molecule has 150 valence electrons. The number of fused-ring (bicyclic) bond motifs is 1. The molecule has 2 heterocycles. The Bertz CT molecular complexity index is 984. The topological polar surface area (TPSA) is 63.1 Å². The number of rotatable bonds is 4. The summed E-state index contributed by atoms with van der Waals surface area (Å²) in [6.07, 6.45) is 4.21. The molecule has 0 radical (unpaired) electrons. The molecule has 0 spiro atoms. The van der Waals surface area contributed by atoms with Gasteiger partial charge in [0.2, 0.25) is 0 Å². The number of aromatic nitrogens is 3. The van der Waals surface area contributed by atoms with Gasteiger partial charge in [-0.3, -0.25) is 4.90 Å². The van der Waals surface area contributed by atoms with E-state index < -0.39 is 5.82 Å². The van der Waals surface area contributed by atoms with Crippen molar-refractivity contribution in [2.24, 2.45) is 0 Å². The Kier molecular flexibility index (Phi) is 5.76. The first kappa shape index (κ1) is 19.4. The minimum absolute atomic E-state index is 0.0476. The maximum atomic E-state index is 13.7. The minimum Gasteiger partial charge on any atom is -0.308 e. The number of carbonyl (C=O) groups is 1. The van der Waals surface area contributed by atoms with E-state index in [4.69, 9.17) is 11.6 Å². The Morgan fingerprint density at radius 3 is 2.79 bits per heavy atom. The van der Waals surface area contributed by atoms with E-state index in [1.165, 1.54) is 29.5 Å². The lowest BCUT2D eigenvalue weighted by molar-refractivity contribution is 0.256. The van der Waals surface area contributed by atoms with Crippen molar-refractivity contribution >= 4 is 29.0 Å². The zero-order valence-electron chi connectivity index (χ0n) is 15.8. The molecule has 4 rings (SSSR count). The van der Waals surface area contributed by atoms with E-state index >= 15 is 0 Å². The summed E-state index contributed by atoms with van der Waals surface area (Å²) in [6.45, 7) is 0.988. The zero-order valence-corrected chi connectivity index (χ0v) is 16.6. The minimum atomic E-state index is -0.536. The molecule has 1 aliphatic rings. The Labute approximate surface area is 173 Å². The van der Waals surface area contributed by atoms with Gasteiger partial charge >= 0.3 is 6.03 Å². The number of nitrogens with one attached hydrogen (secondary N) is 1. The molecular weight excluding hydrogens is 393 g/mol. The van der Waals surface area contributed by atoms with Crippen molar-refractivity contribution in [2.75, 3.05) is 10.2 Å². The van der Waals surface area contributed by atoms with E-state index in [9.17, 15) is 9.18 Å². The zero-order chi connectivity index (χ0) is 20.2. The summed E-state index contributed by atoms with van der Waals surface area (Å²) in [6, 6.07) is 13.0. The Hall–Kier alpha value is -2.93. The third kappa shape index (κ3) is 4.56. The molecule has 0 bridgehead atoms. The maximum Gasteiger partial charge on any atom is 0.326 e. The normalized spacial score (nSPS) is 13.4. The van der Waals surface area contributed by atoms with Gasteiger partial charge in [-0.05, 0) is 43.2 Å². The van der Waals surface area contributed by atoms with Crippen LogP contribution in [0.2, 0.25) is 5.02 Å². The molecule has 3 aromatic rings. The van der Waals surface area contributed by atoms with Crippen LogP contribution in [0, 0.1) is 5.82 Å². The van der Waals surface area contributed by atoms with E-state index in [2.05, 4.69) is 15.4 Å². The summed E-state index contributed by atoms with van der Waals surface area (Å²) in [5.41, 5.74) is 1.12. The number of urea groups is 1. The highest BCUT2D eigenvalue weighted by Crippen LogP contribution is 2.25. The molecule has 1 aromatic heterocycles. The summed E-state index contributed by atoms with van der Waals surface area (Å²) < 4.78 is 15.6. The third-order valence-electron chi connectivity index (χ3n) is 4.85. The Balaban J connectivity index is 1.62. The van der Waals surface area contributed by atoms with Crippen molar-refractivity contribution in [2.45, 2.75) is 38.8 Å². The van der Waals surface area contributed by atoms with E-state index in [0.717, 1.165) is 31.6 Å². The Morgan fingerprint density at radius 2 is 2.00 bits per heavy atom. The van der Waals surface area contributed by atoms with Crippen LogP contribution in [0.3, 0.4) is 0 Å². The molecule has 0 saturated heterocycles. The van der Waals surface area contributed by atoms with Gasteiger partial charge in [0.15, 0.2) is 5.82 Å². The lowest BCUT2D eigenvalue weighted by Gasteiger charge is -2.22. The number of carbonyl (C=O) groups excluding carboxylic acids is 1. The van der Waals surface area contributed by atoms with Crippen LogP contribution in [0.4, 0.5) is 20.6 Å². The standard InChI is InChI=1S/C21H21ClFN5O/c22-17-13-16(10-11-18(17)23)27(21(29)24-15-7-3-1-4-8-15)14-19-25-20-9-5-2-6-12-28(20)26-19/h1,3-4,7-8,10-11,13H,2,5-6,9,12,14H2,(H,24,29). The highest BCUT2D eigenvalue weighted by molar-refractivity contribution is 6.31. The van der Waals surface area contributed by atoms with Crippen molar-refractivity contribution in [3.63, 3.8) is 0 Å². The van der Waals surface area contributed by atoms with Gasteiger partial charge in [0.05, 0.1) is 11.6 Å². The van der Waals surface area contributed by atoms with Crippen molar-refractivity contribution < 1.29 is 9.18 Å². The van der Waals surface area contributed by atoms with Crippen molar-refractivity contribution in [3.8, 4) is 0 Å². The van der Waals surface area contributed by atoms with Gasteiger partial charge in [0, 0.05) is 24.3 Å². The summed E-state index contributed by atoms with van der Waals surface area (Å²) in [5.74, 6) is 0.953. The number of hydrogen-bond acceptors (Lipinski definition) is 3. The second-order valence-electron chi connectivity index (χ2n) is 6.96. The second-order valence-corrected chi connectivity index (χ2v) is 7.37. The average molecular weight is 414 g/mol. The predicted molar refractivity (Wildman–Crippen MR) is 111 cm³/mol. The SMILES string of the molecule is O=C(Nc1ccccc1)N(Cc1nc2n(n1)CCCCC2)c1ccc(F)c(Cl)c1. The largest absolute Gasteiger partial charge is 0.326 e. The summed E-state index contributed by atoms with van der Waals surface area (Å²) in [4.78, 5) is 19.1. The molecule has 0 atom stereocenters. The molecule has 1 N–H and O–H groups in total. The quantitative estimate of drug-likeness (QED) is 0.652. The summed E-state index contributed by atoms with van der Waals surface area (Å²) >= 11 is 5.96. The number of anilines is 2. The number of halogens is 2. The lowest BCUT2D eigenvalue weighted by atomic mass is 10.2. The van der Waals surface area contributed by atoms with Crippen molar-refractivity contribution in [1.82, 2.24) is 14.8 Å². The van der Waals surface area contributed by atoms with E-state index in [1.54, 1.807) is 12.1 Å². The molecule has 8 heteroatoms. The van der Waals surface area contributed by atoms with E-state index in [1.807, 2.05) is 22.9 Å². The van der Waals surface area contributed by atoms with Crippen LogP contribution in [0.25, 0.3) is 0 Å². The molecule has 2 aromatic carbocycles. The monoisotopic (exact) mass is 413 g/mol. The smallest absolute Gasteiger partial charge is 0.308 e. The fraction of sp³-hybridized carbons (Fsp3) is 0.286. The van der Waals surface area contributed by atoms with Gasteiger partial charge in [-0.1, -0.05) is 36.2 Å². The van der Waals surface area contributed by atoms with E-state index in [-0.39, 0.29) is 17.6 Å². The number of para-hydroxylation sites is 1. The van der Waals surface area contributed by atoms with Crippen LogP contribution in [-0.4, -0.2) is 20.8 Å². The molecule has 0 unspecified atom stereocenters. The predicted octanol–water partition coefficient (Wildman–Crippen LogP) is 5.04. The first-order chi connectivity index (χ1) is 14.1. The molecule has 29 heavy (non-hydrogen) atoms. The van der Waals surface area contributed by atoms with Crippen molar-refractivity contribution in [3.05, 3.63) is 71.0 Å². The average Bonchev–Trinajstić information content (AvgIpc) is 2.97. The molecule has 2 amide bonds. The highest BCUT2D eigenvalue weighted by atomic mass is 35.5. The van der Waals surface area contributed by atoms with Gasteiger partial charge < -0.3 is 5.32 Å². The number of aryl methyl sites for hydroxylation is 2. The van der Waals surface area contributed by atoms with Crippen LogP contribution in [-0.2, 0) is 19.5 Å². The van der Waals surface area contributed by atoms with Crippen LogP contribution in [0.5, 0.6) is 0 Å². The number of nitrogens with zero attached hydrogens (tertiary/aromatic N) is 4. The number of hydrogen-bond donors (Lipinski definition) is 1. The number of benzene rings is 2. The molecule has 0 saturated carbocycles. The van der Waals surface area contributed by atoms with Gasteiger partial charge in [-0.25, -0.2) is 18.9 Å². The lowest BCUT2D eigenvalue weighted by Crippen LogP contribution is -2.35. The van der Waals surface area contributed by atoms with E-state index in [0.29, 0.717) is 17.2 Å². The highest BCUT2D eigenvalue weighted by Gasteiger charge is 2.21. The van der Waals surface area contributed by atoms with Crippen LogP contribution in [0.15, 0.2) is 48.5 Å². The first-order valence-corrected chi connectivity index (χ1v) is 9.99. The van der Waals surface area contributed by atoms with Gasteiger partial charge in [0.1, 0.15) is 11.6 Å². The van der Waals surface area contributed by atoms with Gasteiger partial charge in [-0.2, -0.15) is 5.10 Å². The maximum absolute atomic E-state index is 13.7. The second kappa shape index (κ2) is 8.61. The molecule has 0 aliphatic carbocycles. The third-order valence-corrected chi connectivity index (χ3v) is 5.14. The summed E-state index contributed by atoms with van der Waals surface area (Å²) in [7, 11) is 0. The van der Waals surface area contributed by atoms with Gasteiger partial charge in [-0.15, -0.1) is 0 Å². The van der Waals surface area contributed by atoms with Gasteiger partial charge in [0.25, 0.3) is 0 Å². The first-order valence-electron chi connectivity index (χ1n) is 9.61.